The molecule has 106 valence electrons. The van der Waals surface area contributed by atoms with Crippen molar-refractivity contribution in [2.24, 2.45) is 0 Å². The topological polar surface area (TPSA) is 0 Å². The first-order valence-corrected chi connectivity index (χ1v) is 24.0. The van der Waals surface area contributed by atoms with Crippen LogP contribution in [0, 0.1) is 0 Å². The number of hydrogen-bond donors (Lipinski definition) is 0. The predicted molar refractivity (Wildman–Crippen MR) is 94.8 cm³/mol. The Balaban J connectivity index is 0.000000180. The van der Waals surface area contributed by atoms with Crippen LogP contribution >= 0.6 is 28.0 Å². The molecule has 0 atom stereocenters. The van der Waals surface area contributed by atoms with Gasteiger partial charge >= 0.3 is 138 Å². The second-order valence-electron chi connectivity index (χ2n) is 5.84. The van der Waals surface area contributed by atoms with Gasteiger partial charge in [-0.05, 0) is 0 Å². The molecule has 0 N–H and O–H groups in total. The zero-order chi connectivity index (χ0) is 13.4. The second kappa shape index (κ2) is 10.7. The molecule has 18 heavy (non-hydrogen) atoms. The van der Waals surface area contributed by atoms with E-state index in [2.05, 4.69) is 39.5 Å². The summed E-state index contributed by atoms with van der Waals surface area (Å²) in [5, 5.41) is 0. The molecule has 4 heteroatoms. The van der Waals surface area contributed by atoms with Gasteiger partial charge in [0.25, 0.3) is 0 Å². The van der Waals surface area contributed by atoms with Crippen LogP contribution in [0.15, 0.2) is 0 Å². The third-order valence-electron chi connectivity index (χ3n) is 4.34. The molecule has 2 aliphatic carbocycles. The SMILES string of the molecule is [CH3][Ge]([Br])[CH]1CCCCC1.[CH3][Ge]([Br])[CH]1CCCCC1. The molecule has 0 bridgehead atoms. The average Bonchev–Trinajstić information content (AvgIpc) is 2.41. The Morgan fingerprint density at radius 3 is 1.06 bits per heavy atom. The van der Waals surface area contributed by atoms with Crippen molar-refractivity contribution < 1.29 is 0 Å². The molecule has 0 saturated heterocycles. The Kier molecular flexibility index (Phi) is 10.8. The molecular formula is C14H28Br2Ge2. The molecule has 0 aliphatic heterocycles. The summed E-state index contributed by atoms with van der Waals surface area (Å²) in [5.74, 6) is 4.88. The summed E-state index contributed by atoms with van der Waals surface area (Å²) < 4.78 is 2.28. The van der Waals surface area contributed by atoms with E-state index in [0.29, 0.717) is 0 Å². The molecule has 2 saturated carbocycles. The van der Waals surface area contributed by atoms with Gasteiger partial charge in [-0.25, -0.2) is 0 Å². The predicted octanol–water partition coefficient (Wildman–Crippen LogP) is 6.67. The summed E-state index contributed by atoms with van der Waals surface area (Å²) in [4.78, 5) is 0. The van der Waals surface area contributed by atoms with Crippen molar-refractivity contribution in [3.8, 4) is 0 Å². The van der Waals surface area contributed by atoms with E-state index < -0.39 is 25.0 Å². The van der Waals surface area contributed by atoms with Gasteiger partial charge < -0.3 is 0 Å². The van der Waals surface area contributed by atoms with Gasteiger partial charge in [0.05, 0.1) is 0 Å². The van der Waals surface area contributed by atoms with Gasteiger partial charge in [0, 0.05) is 0 Å². The van der Waals surface area contributed by atoms with Crippen LogP contribution in [-0.2, 0) is 0 Å². The monoisotopic (exact) mass is 502 g/mol. The molecular weight excluding hydrogens is 473 g/mol. The normalized spacial score (nSPS) is 23.0. The van der Waals surface area contributed by atoms with Gasteiger partial charge in [-0.2, -0.15) is 0 Å². The van der Waals surface area contributed by atoms with E-state index in [4.69, 9.17) is 0 Å². The van der Waals surface area contributed by atoms with Crippen molar-refractivity contribution in [3.63, 3.8) is 0 Å². The van der Waals surface area contributed by atoms with Crippen molar-refractivity contribution in [1.82, 2.24) is 0 Å². The molecule has 0 spiro atoms. The van der Waals surface area contributed by atoms with Crippen LogP contribution in [0.25, 0.3) is 0 Å². The third kappa shape index (κ3) is 7.73. The maximum absolute atomic E-state index is 3.80. The van der Waals surface area contributed by atoms with E-state index >= 15 is 0 Å². The fraction of sp³-hybridized carbons (Fsp3) is 1.00. The van der Waals surface area contributed by atoms with Crippen LogP contribution in [0.1, 0.15) is 64.2 Å². The van der Waals surface area contributed by atoms with E-state index in [0.717, 1.165) is 9.50 Å². The molecule has 0 unspecified atom stereocenters. The summed E-state index contributed by atoms with van der Waals surface area (Å²) in [6.45, 7) is 0. The van der Waals surface area contributed by atoms with Crippen LogP contribution in [-0.4, -0.2) is 25.0 Å². The molecule has 2 rings (SSSR count). The van der Waals surface area contributed by atoms with Crippen LogP contribution in [0.5, 0.6) is 0 Å². The molecule has 2 radical (unpaired) electrons. The maximum atomic E-state index is 3.80. The number of rotatable bonds is 2. The summed E-state index contributed by atoms with van der Waals surface area (Å²) in [6.07, 6.45) is 15.1. The van der Waals surface area contributed by atoms with Crippen molar-refractivity contribution >= 4 is 53.0 Å². The zero-order valence-electron chi connectivity index (χ0n) is 12.0. The first-order valence-electron chi connectivity index (χ1n) is 7.59. The van der Waals surface area contributed by atoms with Crippen LogP contribution in [0.2, 0.25) is 21.0 Å². The zero-order valence-corrected chi connectivity index (χ0v) is 19.3. The minimum absolute atomic E-state index is 0.677. The van der Waals surface area contributed by atoms with Crippen molar-refractivity contribution in [2.75, 3.05) is 0 Å². The fourth-order valence-electron chi connectivity index (χ4n) is 3.00. The van der Waals surface area contributed by atoms with Gasteiger partial charge in [-0.15, -0.1) is 0 Å². The Morgan fingerprint density at radius 1 is 0.611 bits per heavy atom. The van der Waals surface area contributed by atoms with Gasteiger partial charge in [-0.1, -0.05) is 0 Å². The molecule has 0 aromatic carbocycles. The molecule has 2 aliphatic rings. The second-order valence-corrected chi connectivity index (χ2v) is 27.2. The van der Waals surface area contributed by atoms with Crippen LogP contribution in [0.4, 0.5) is 0 Å². The third-order valence-corrected chi connectivity index (χ3v) is 18.2. The minimum atomic E-state index is -0.677. The van der Waals surface area contributed by atoms with Gasteiger partial charge in [-0.3, -0.25) is 0 Å². The Labute approximate surface area is 137 Å². The van der Waals surface area contributed by atoms with Gasteiger partial charge in [0.15, 0.2) is 0 Å². The van der Waals surface area contributed by atoms with E-state index in [-0.39, 0.29) is 0 Å². The molecule has 0 aromatic heterocycles. The van der Waals surface area contributed by atoms with E-state index in [1.807, 2.05) is 0 Å². The van der Waals surface area contributed by atoms with Crippen molar-refractivity contribution in [2.45, 2.75) is 85.2 Å². The van der Waals surface area contributed by atoms with E-state index in [9.17, 15) is 0 Å². The molecule has 0 nitrogen and oxygen atoms in total. The van der Waals surface area contributed by atoms with Crippen molar-refractivity contribution in [3.05, 3.63) is 0 Å². The first-order chi connectivity index (χ1) is 8.61. The quantitative estimate of drug-likeness (QED) is 0.371. The fourth-order valence-corrected chi connectivity index (χ4v) is 12.8. The summed E-state index contributed by atoms with van der Waals surface area (Å²) in [5.41, 5.74) is 0. The number of halogens is 2. The van der Waals surface area contributed by atoms with Crippen molar-refractivity contribution in [1.29, 1.82) is 0 Å². The van der Waals surface area contributed by atoms with Gasteiger partial charge in [0.1, 0.15) is 0 Å². The summed E-state index contributed by atoms with van der Waals surface area (Å²) >= 11 is 6.25. The van der Waals surface area contributed by atoms with Gasteiger partial charge in [0.2, 0.25) is 0 Å². The Morgan fingerprint density at radius 2 is 0.889 bits per heavy atom. The van der Waals surface area contributed by atoms with E-state index in [1.54, 1.807) is 0 Å². The Hall–Kier alpha value is 2.05. The standard InChI is InChI=1S/2C7H14BrGe/c2*1-9(8)7-5-3-2-4-6-7/h2*7H,2-6H2,1H3. The number of hydrogen-bond acceptors (Lipinski definition) is 0. The summed E-state index contributed by atoms with van der Waals surface area (Å²) in [6, 6.07) is 0. The molecule has 0 amide bonds. The Bertz CT molecular complexity index is 176. The average molecular weight is 501 g/mol. The van der Waals surface area contributed by atoms with Crippen LogP contribution < -0.4 is 0 Å². The van der Waals surface area contributed by atoms with Crippen LogP contribution in [0.3, 0.4) is 0 Å². The van der Waals surface area contributed by atoms with E-state index in [1.165, 1.54) is 64.2 Å². The summed E-state index contributed by atoms with van der Waals surface area (Å²) in [7, 11) is 0. The molecule has 2 fully saturated rings. The first kappa shape index (κ1) is 18.1. The molecule has 0 aromatic rings. The molecule has 0 heterocycles.